The van der Waals surface area contributed by atoms with Crippen LogP contribution in [-0.2, 0) is 23.2 Å². The van der Waals surface area contributed by atoms with Crippen molar-refractivity contribution in [2.75, 3.05) is 0 Å². The van der Waals surface area contributed by atoms with Crippen molar-refractivity contribution < 1.29 is 14.7 Å². The molecule has 0 aromatic heterocycles. The minimum absolute atomic E-state index is 0.0405. The van der Waals surface area contributed by atoms with E-state index in [4.69, 9.17) is 23.2 Å². The van der Waals surface area contributed by atoms with E-state index in [0.29, 0.717) is 16.5 Å². The monoisotopic (exact) mass is 568 g/mol. The molecule has 4 aromatic rings. The zero-order valence-corrected chi connectivity index (χ0v) is 23.9. The molecule has 202 valence electrons. The maximum absolute atomic E-state index is 14.7. The van der Waals surface area contributed by atoms with Gasteiger partial charge in [0.05, 0.1) is 5.41 Å². The summed E-state index contributed by atoms with van der Waals surface area (Å²) in [4.78, 5) is 24.1. The molecule has 0 saturated heterocycles. The van der Waals surface area contributed by atoms with Crippen LogP contribution in [0.1, 0.15) is 63.9 Å². The third-order valence-corrected chi connectivity index (χ3v) is 9.53. The fourth-order valence-electron chi connectivity index (χ4n) is 7.74. The van der Waals surface area contributed by atoms with Crippen molar-refractivity contribution in [1.82, 2.24) is 0 Å². The Morgan fingerprint density at radius 2 is 1.30 bits per heavy atom. The normalized spacial score (nSPS) is 27.5. The highest BCUT2D eigenvalue weighted by Crippen LogP contribution is 2.74. The number of halogens is 2. The second-order valence-corrected chi connectivity index (χ2v) is 12.3. The van der Waals surface area contributed by atoms with Gasteiger partial charge in [0.2, 0.25) is 0 Å². The van der Waals surface area contributed by atoms with E-state index in [1.54, 1.807) is 0 Å². The summed E-state index contributed by atoms with van der Waals surface area (Å²) in [5.41, 5.74) is 3.53. The highest BCUT2D eigenvalue weighted by Gasteiger charge is 2.75. The molecule has 40 heavy (non-hydrogen) atoms. The van der Waals surface area contributed by atoms with Gasteiger partial charge in [-0.3, -0.25) is 4.79 Å². The van der Waals surface area contributed by atoms with Gasteiger partial charge in [0.1, 0.15) is 11.4 Å². The van der Waals surface area contributed by atoms with Gasteiger partial charge in [-0.2, -0.15) is 0 Å². The number of ketones is 2. The van der Waals surface area contributed by atoms with E-state index in [1.165, 1.54) is 13.8 Å². The number of aliphatic hydroxyl groups is 1. The van der Waals surface area contributed by atoms with Crippen molar-refractivity contribution >= 4 is 34.8 Å². The summed E-state index contributed by atoms with van der Waals surface area (Å²) in [6, 6.07) is 31.8. The smallest absolute Gasteiger partial charge is 0.173 e. The Hall–Kier alpha value is -3.24. The second kappa shape index (κ2) is 9.99. The van der Waals surface area contributed by atoms with E-state index in [1.807, 2.05) is 78.9 Å². The molecule has 3 aliphatic carbocycles. The van der Waals surface area contributed by atoms with Gasteiger partial charge in [0.15, 0.2) is 5.78 Å². The SMILES string of the molecule is CC(C)=O.O=C1c2ccccc2C[C@@]12[C@H](c1ccc(Cl)cc1)[C@@H](c1ccc(Cl)cc1)[C@@H]1Cc3ccccc3[C@@]12O. The van der Waals surface area contributed by atoms with Crippen LogP contribution in [0, 0.1) is 11.3 Å². The van der Waals surface area contributed by atoms with Crippen LogP contribution in [0.4, 0.5) is 0 Å². The zero-order chi connectivity index (χ0) is 28.2. The van der Waals surface area contributed by atoms with Gasteiger partial charge in [0, 0.05) is 27.4 Å². The number of rotatable bonds is 2. The molecule has 0 aliphatic heterocycles. The quantitative estimate of drug-likeness (QED) is 0.267. The van der Waals surface area contributed by atoms with Crippen LogP contribution in [-0.4, -0.2) is 16.7 Å². The summed E-state index contributed by atoms with van der Waals surface area (Å²) < 4.78 is 0. The summed E-state index contributed by atoms with van der Waals surface area (Å²) in [6.07, 6.45) is 1.22. The zero-order valence-electron chi connectivity index (χ0n) is 22.4. The predicted molar refractivity (Wildman–Crippen MR) is 159 cm³/mol. The Balaban J connectivity index is 0.000000680. The molecular formula is C35H30Cl2O3. The van der Waals surface area contributed by atoms with E-state index >= 15 is 0 Å². The third kappa shape index (κ3) is 3.90. The number of benzene rings is 4. The number of fused-ring (bicyclic) bond motifs is 5. The molecule has 4 aromatic carbocycles. The Labute approximate surface area is 244 Å². The van der Waals surface area contributed by atoms with E-state index in [0.717, 1.165) is 39.8 Å². The lowest BCUT2D eigenvalue weighted by molar-refractivity contribution is -0.115. The molecule has 0 radical (unpaired) electrons. The molecule has 1 spiro atoms. The topological polar surface area (TPSA) is 54.4 Å². The van der Waals surface area contributed by atoms with Crippen molar-refractivity contribution in [1.29, 1.82) is 0 Å². The number of Topliss-reactive ketones (excluding diaryl/α,β-unsaturated/α-hetero) is 2. The Kier molecular flexibility index (Phi) is 6.73. The molecule has 1 N–H and O–H groups in total. The van der Waals surface area contributed by atoms with Crippen LogP contribution in [0.2, 0.25) is 10.0 Å². The first-order valence-electron chi connectivity index (χ1n) is 13.6. The van der Waals surface area contributed by atoms with Crippen LogP contribution >= 0.6 is 23.2 Å². The fraction of sp³-hybridized carbons (Fsp3) is 0.257. The first kappa shape index (κ1) is 27.0. The van der Waals surface area contributed by atoms with Crippen molar-refractivity contribution in [2.45, 2.75) is 44.1 Å². The average Bonchev–Trinajstić information content (AvgIpc) is 3.48. The molecular weight excluding hydrogens is 539 g/mol. The van der Waals surface area contributed by atoms with Crippen LogP contribution in [0.15, 0.2) is 97.1 Å². The van der Waals surface area contributed by atoms with Crippen molar-refractivity contribution in [3.05, 3.63) is 140 Å². The van der Waals surface area contributed by atoms with Gasteiger partial charge >= 0.3 is 0 Å². The molecule has 3 aliphatic rings. The summed E-state index contributed by atoms with van der Waals surface area (Å²) in [5, 5.41) is 14.4. The Bertz CT molecular complexity index is 1610. The lowest BCUT2D eigenvalue weighted by atomic mass is 9.61. The maximum atomic E-state index is 14.7. The van der Waals surface area contributed by atoms with Crippen LogP contribution in [0.3, 0.4) is 0 Å². The van der Waals surface area contributed by atoms with E-state index in [2.05, 4.69) is 18.2 Å². The van der Waals surface area contributed by atoms with Crippen LogP contribution in [0.5, 0.6) is 0 Å². The predicted octanol–water partition coefficient (Wildman–Crippen LogP) is 7.96. The van der Waals surface area contributed by atoms with Gasteiger partial charge in [-0.05, 0) is 84.7 Å². The van der Waals surface area contributed by atoms with Crippen molar-refractivity contribution in [3.8, 4) is 0 Å². The summed E-state index contributed by atoms with van der Waals surface area (Å²) in [5.74, 6) is -0.271. The minimum atomic E-state index is -1.31. The molecule has 0 heterocycles. The number of hydrogen-bond acceptors (Lipinski definition) is 3. The lowest BCUT2D eigenvalue weighted by Gasteiger charge is -2.42. The molecule has 3 nitrogen and oxygen atoms in total. The van der Waals surface area contributed by atoms with Gasteiger partial charge < -0.3 is 9.90 Å². The molecule has 5 atom stereocenters. The second-order valence-electron chi connectivity index (χ2n) is 11.4. The van der Waals surface area contributed by atoms with Gasteiger partial charge in [-0.15, -0.1) is 0 Å². The number of carbonyl (C=O) groups excluding carboxylic acids is 2. The summed E-state index contributed by atoms with van der Waals surface area (Å²) in [6.45, 7) is 3.06. The summed E-state index contributed by atoms with van der Waals surface area (Å²) >= 11 is 12.6. The van der Waals surface area contributed by atoms with E-state index in [9.17, 15) is 14.7 Å². The van der Waals surface area contributed by atoms with E-state index in [-0.39, 0.29) is 29.3 Å². The highest BCUT2D eigenvalue weighted by molar-refractivity contribution is 6.30. The van der Waals surface area contributed by atoms with Gasteiger partial charge in [-0.1, -0.05) is 96.0 Å². The van der Waals surface area contributed by atoms with Gasteiger partial charge in [0.25, 0.3) is 0 Å². The Morgan fingerprint density at radius 1 is 0.775 bits per heavy atom. The van der Waals surface area contributed by atoms with Crippen molar-refractivity contribution in [2.24, 2.45) is 11.3 Å². The molecule has 0 bridgehead atoms. The van der Waals surface area contributed by atoms with Crippen LogP contribution in [0.25, 0.3) is 0 Å². The summed E-state index contributed by atoms with van der Waals surface area (Å²) in [7, 11) is 0. The average molecular weight is 570 g/mol. The molecule has 1 saturated carbocycles. The van der Waals surface area contributed by atoms with Crippen molar-refractivity contribution in [3.63, 3.8) is 0 Å². The van der Waals surface area contributed by atoms with E-state index < -0.39 is 11.0 Å². The fourth-order valence-corrected chi connectivity index (χ4v) is 7.99. The number of hydrogen-bond donors (Lipinski definition) is 1. The maximum Gasteiger partial charge on any atom is 0.173 e. The largest absolute Gasteiger partial charge is 0.384 e. The molecule has 7 rings (SSSR count). The third-order valence-electron chi connectivity index (χ3n) is 9.03. The van der Waals surface area contributed by atoms with Gasteiger partial charge in [-0.25, -0.2) is 0 Å². The number of carbonyl (C=O) groups is 2. The first-order chi connectivity index (χ1) is 19.2. The molecule has 0 amide bonds. The minimum Gasteiger partial charge on any atom is -0.384 e. The highest BCUT2D eigenvalue weighted by atomic mass is 35.5. The first-order valence-corrected chi connectivity index (χ1v) is 14.4. The lowest BCUT2D eigenvalue weighted by Crippen LogP contribution is -2.50. The molecule has 5 heteroatoms. The Morgan fingerprint density at radius 3 is 1.90 bits per heavy atom. The molecule has 1 fully saturated rings. The standard InChI is InChI=1S/C32H24Cl2O2.C3H6O/c33-23-13-9-19(10-14-23)28-27-17-21-5-2-4-8-26(21)32(27,36)31(29(28)20-11-15-24(34)16-12-20)18-22-6-1-3-7-25(22)30(31)35;1-3(2)4/h1-16,27-29,36H,17-18H2;1-2H3/t27-,28-,29+,31+,32+;/m0./s1. The molecule has 0 unspecified atom stereocenters. The van der Waals surface area contributed by atoms with Crippen LogP contribution < -0.4 is 0 Å².